The summed E-state index contributed by atoms with van der Waals surface area (Å²) < 4.78 is 12.0. The van der Waals surface area contributed by atoms with Crippen molar-refractivity contribution in [3.8, 4) is 11.4 Å². The van der Waals surface area contributed by atoms with Gasteiger partial charge < -0.3 is 9.47 Å². The standard InChI is InChI=1S/C28H29Cl2N5O4/c1-38-21-9-6-18(7-10-21)14-19-16-33(28(37)39-2)17-22-25(27(36)32-34-12-4-3-5-13-34)31-35(26(19)22)24-11-8-20(29)15-23(24)30/h6-11,14-15H,3-5,12-13,16-17H2,1-2H3,(H,32,36)/b19-14+. The van der Waals surface area contributed by atoms with Crippen LogP contribution >= 0.6 is 23.2 Å². The largest absolute Gasteiger partial charge is 0.497 e. The Labute approximate surface area is 236 Å². The van der Waals surface area contributed by atoms with Crippen LogP contribution in [0, 0.1) is 0 Å². The molecule has 0 radical (unpaired) electrons. The van der Waals surface area contributed by atoms with Gasteiger partial charge in [-0.3, -0.25) is 15.1 Å². The second kappa shape index (κ2) is 11.7. The van der Waals surface area contributed by atoms with Crippen molar-refractivity contribution in [1.29, 1.82) is 0 Å². The number of methoxy groups -OCH3 is 2. The average molecular weight is 570 g/mol. The van der Waals surface area contributed by atoms with E-state index < -0.39 is 6.09 Å². The number of hydrogen-bond donors (Lipinski definition) is 1. The first-order valence-corrected chi connectivity index (χ1v) is 13.4. The first-order valence-electron chi connectivity index (χ1n) is 12.7. The number of carbonyl (C=O) groups excluding carboxylic acids is 2. The van der Waals surface area contributed by atoms with Crippen molar-refractivity contribution in [3.05, 3.63) is 75.0 Å². The third kappa shape index (κ3) is 5.75. The normalized spacial score (nSPS) is 16.6. The molecule has 11 heteroatoms. The number of nitrogens with one attached hydrogen (secondary N) is 1. The van der Waals surface area contributed by atoms with Crippen LogP contribution in [0.5, 0.6) is 5.75 Å². The van der Waals surface area contributed by atoms with E-state index in [9.17, 15) is 9.59 Å². The zero-order valence-corrected chi connectivity index (χ0v) is 23.3. The SMILES string of the molecule is COC(=O)N1C/C(=C\c2ccc(OC)cc2)c2c(c(C(=O)NN3CCCCC3)nn2-c2ccc(Cl)cc2Cl)C1. The lowest BCUT2D eigenvalue weighted by Crippen LogP contribution is -2.45. The van der Waals surface area contributed by atoms with E-state index in [1.165, 1.54) is 7.11 Å². The Morgan fingerprint density at radius 1 is 1.00 bits per heavy atom. The van der Waals surface area contributed by atoms with Crippen molar-refractivity contribution in [2.24, 2.45) is 0 Å². The molecule has 0 spiro atoms. The number of halogens is 2. The summed E-state index contributed by atoms with van der Waals surface area (Å²) in [6.45, 7) is 1.94. The number of piperidine rings is 1. The Balaban J connectivity index is 1.67. The predicted molar refractivity (Wildman–Crippen MR) is 150 cm³/mol. The fourth-order valence-corrected chi connectivity index (χ4v) is 5.43. The number of hydrogen-bond acceptors (Lipinski definition) is 6. The smallest absolute Gasteiger partial charge is 0.410 e. The van der Waals surface area contributed by atoms with E-state index in [2.05, 4.69) is 5.43 Å². The van der Waals surface area contributed by atoms with Gasteiger partial charge in [0.1, 0.15) is 5.75 Å². The molecule has 1 aromatic heterocycles. The molecule has 3 aromatic rings. The predicted octanol–water partition coefficient (Wildman–Crippen LogP) is 5.44. The molecule has 0 atom stereocenters. The van der Waals surface area contributed by atoms with Crippen LogP contribution in [0.3, 0.4) is 0 Å². The van der Waals surface area contributed by atoms with E-state index in [0.717, 1.165) is 49.2 Å². The molecule has 1 N–H and O–H groups in total. The van der Waals surface area contributed by atoms with E-state index >= 15 is 0 Å². The number of rotatable bonds is 5. The molecule has 9 nitrogen and oxygen atoms in total. The highest BCUT2D eigenvalue weighted by molar-refractivity contribution is 6.35. The Morgan fingerprint density at radius 2 is 1.74 bits per heavy atom. The number of amides is 2. The Morgan fingerprint density at radius 3 is 2.41 bits per heavy atom. The summed E-state index contributed by atoms with van der Waals surface area (Å²) in [5, 5.41) is 7.55. The molecule has 204 valence electrons. The topological polar surface area (TPSA) is 88.9 Å². The monoisotopic (exact) mass is 569 g/mol. The summed E-state index contributed by atoms with van der Waals surface area (Å²) in [4.78, 5) is 27.9. The van der Waals surface area contributed by atoms with Gasteiger partial charge >= 0.3 is 6.09 Å². The highest BCUT2D eigenvalue weighted by Gasteiger charge is 2.34. The summed E-state index contributed by atoms with van der Waals surface area (Å²) in [6, 6.07) is 12.7. The van der Waals surface area contributed by atoms with Gasteiger partial charge in [-0.2, -0.15) is 5.10 Å². The molecule has 39 heavy (non-hydrogen) atoms. The minimum atomic E-state index is -0.499. The third-order valence-electron chi connectivity index (χ3n) is 6.86. The van der Waals surface area contributed by atoms with E-state index in [1.54, 1.807) is 34.9 Å². The van der Waals surface area contributed by atoms with Gasteiger partial charge in [0.2, 0.25) is 0 Å². The molecular weight excluding hydrogens is 541 g/mol. The number of hydrazine groups is 1. The summed E-state index contributed by atoms with van der Waals surface area (Å²) in [5.74, 6) is 0.389. The van der Waals surface area contributed by atoms with Crippen LogP contribution in [0.2, 0.25) is 10.0 Å². The van der Waals surface area contributed by atoms with Gasteiger partial charge in [0.05, 0.1) is 43.7 Å². The number of ether oxygens (including phenoxy) is 2. The first kappa shape index (κ1) is 27.1. The highest BCUT2D eigenvalue weighted by Crippen LogP contribution is 2.36. The second-order valence-corrected chi connectivity index (χ2v) is 10.3. The Kier molecular flexibility index (Phi) is 8.11. The van der Waals surface area contributed by atoms with Crippen LogP contribution < -0.4 is 10.2 Å². The Hall–Kier alpha value is -3.53. The zero-order valence-electron chi connectivity index (χ0n) is 21.7. The molecule has 2 aromatic carbocycles. The van der Waals surface area contributed by atoms with E-state index in [0.29, 0.717) is 27.0 Å². The maximum Gasteiger partial charge on any atom is 0.410 e. The summed E-state index contributed by atoms with van der Waals surface area (Å²) in [7, 11) is 2.95. The van der Waals surface area contributed by atoms with Crippen LogP contribution in [-0.4, -0.2) is 65.5 Å². The van der Waals surface area contributed by atoms with Gasteiger partial charge in [0.15, 0.2) is 5.69 Å². The quantitative estimate of drug-likeness (QED) is 0.440. The maximum atomic E-state index is 13.6. The van der Waals surface area contributed by atoms with Gasteiger partial charge in [0.25, 0.3) is 5.91 Å². The molecular formula is C28H29Cl2N5O4. The summed E-state index contributed by atoms with van der Waals surface area (Å²) in [6.07, 6.45) is 4.62. The fraction of sp³-hybridized carbons (Fsp3) is 0.321. The number of aromatic nitrogens is 2. The van der Waals surface area contributed by atoms with Crippen LogP contribution in [0.25, 0.3) is 17.3 Å². The van der Waals surface area contributed by atoms with Crippen LogP contribution in [0.1, 0.15) is 46.6 Å². The number of carbonyl (C=O) groups is 2. The molecule has 1 fully saturated rings. The molecule has 5 rings (SSSR count). The van der Waals surface area contributed by atoms with Crippen LogP contribution in [-0.2, 0) is 11.3 Å². The van der Waals surface area contributed by atoms with Crippen molar-refractivity contribution < 1.29 is 19.1 Å². The van der Waals surface area contributed by atoms with Gasteiger partial charge in [0, 0.05) is 23.7 Å². The summed E-state index contributed by atoms with van der Waals surface area (Å²) >= 11 is 12.8. The van der Waals surface area contributed by atoms with Crippen molar-refractivity contribution in [1.82, 2.24) is 25.1 Å². The minimum Gasteiger partial charge on any atom is -0.497 e. The average Bonchev–Trinajstić information content (AvgIpc) is 3.33. The van der Waals surface area contributed by atoms with Gasteiger partial charge in [-0.15, -0.1) is 0 Å². The Bertz CT molecular complexity index is 1410. The molecule has 2 aliphatic rings. The molecule has 0 aliphatic carbocycles. The molecule has 0 saturated carbocycles. The lowest BCUT2D eigenvalue weighted by atomic mass is 9.97. The van der Waals surface area contributed by atoms with Crippen LogP contribution in [0.4, 0.5) is 4.79 Å². The molecule has 3 heterocycles. The molecule has 0 unspecified atom stereocenters. The fourth-order valence-electron chi connectivity index (χ4n) is 4.94. The molecule has 2 aliphatic heterocycles. The van der Waals surface area contributed by atoms with Crippen molar-refractivity contribution >= 4 is 46.9 Å². The molecule has 0 bridgehead atoms. The number of benzene rings is 2. The lowest BCUT2D eigenvalue weighted by molar-refractivity contribution is 0.0741. The van der Waals surface area contributed by atoms with Gasteiger partial charge in [-0.1, -0.05) is 41.8 Å². The number of nitrogens with zero attached hydrogens (tertiary/aromatic N) is 4. The zero-order chi connectivity index (χ0) is 27.5. The number of fused-ring (bicyclic) bond motifs is 1. The van der Waals surface area contributed by atoms with Crippen molar-refractivity contribution in [2.45, 2.75) is 25.8 Å². The lowest BCUT2D eigenvalue weighted by Gasteiger charge is -2.29. The minimum absolute atomic E-state index is 0.149. The third-order valence-corrected chi connectivity index (χ3v) is 7.39. The molecule has 2 amide bonds. The first-order chi connectivity index (χ1) is 18.9. The maximum absolute atomic E-state index is 13.6. The highest BCUT2D eigenvalue weighted by atomic mass is 35.5. The van der Waals surface area contributed by atoms with Crippen molar-refractivity contribution in [2.75, 3.05) is 33.9 Å². The van der Waals surface area contributed by atoms with E-state index in [4.69, 9.17) is 37.8 Å². The van der Waals surface area contributed by atoms with Crippen LogP contribution in [0.15, 0.2) is 42.5 Å². The molecule has 1 saturated heterocycles. The van der Waals surface area contributed by atoms with Gasteiger partial charge in [-0.25, -0.2) is 14.5 Å². The van der Waals surface area contributed by atoms with Crippen molar-refractivity contribution in [3.63, 3.8) is 0 Å². The second-order valence-electron chi connectivity index (χ2n) is 9.44. The summed E-state index contributed by atoms with van der Waals surface area (Å²) in [5.41, 5.74) is 6.74. The van der Waals surface area contributed by atoms with Gasteiger partial charge in [-0.05, 0) is 60.4 Å². The van der Waals surface area contributed by atoms with E-state index in [-0.39, 0.29) is 24.7 Å². The van der Waals surface area contributed by atoms with E-state index in [1.807, 2.05) is 35.4 Å².